The highest BCUT2D eigenvalue weighted by Gasteiger charge is 2.28. The van der Waals surface area contributed by atoms with Gasteiger partial charge in [0.05, 0.1) is 6.10 Å². The number of hydrogen-bond donors (Lipinski definition) is 1. The third-order valence-electron chi connectivity index (χ3n) is 4.36. The standard InChI is InChI=1S/C17H22FN5O2/c1-22(2)17(24)11-3-5-12(6-4-11)25-13-9-15(19)20-16(10-13)23-8-7-14(18)21-23/h7-12H,3-6H2,1-2H3,(H2,19,20). The minimum absolute atomic E-state index is 0.0234. The summed E-state index contributed by atoms with van der Waals surface area (Å²) in [6.07, 6.45) is 4.71. The number of nitrogens with two attached hydrogens (primary N) is 1. The number of hydrogen-bond acceptors (Lipinski definition) is 5. The highest BCUT2D eigenvalue weighted by Crippen LogP contribution is 2.29. The molecule has 1 amide bonds. The van der Waals surface area contributed by atoms with E-state index in [4.69, 9.17) is 10.5 Å². The van der Waals surface area contributed by atoms with Gasteiger partial charge in [-0.2, -0.15) is 4.39 Å². The molecule has 0 radical (unpaired) electrons. The first-order valence-corrected chi connectivity index (χ1v) is 8.29. The van der Waals surface area contributed by atoms with Crippen molar-refractivity contribution in [3.63, 3.8) is 0 Å². The summed E-state index contributed by atoms with van der Waals surface area (Å²) < 4.78 is 20.4. The van der Waals surface area contributed by atoms with Gasteiger partial charge in [-0.25, -0.2) is 9.67 Å². The van der Waals surface area contributed by atoms with Crippen LogP contribution in [0.5, 0.6) is 5.75 Å². The molecule has 0 saturated heterocycles. The van der Waals surface area contributed by atoms with Crippen LogP contribution in [0.2, 0.25) is 0 Å². The minimum atomic E-state index is -0.587. The van der Waals surface area contributed by atoms with Crippen LogP contribution in [-0.4, -0.2) is 45.8 Å². The summed E-state index contributed by atoms with van der Waals surface area (Å²) in [5.41, 5.74) is 5.83. The van der Waals surface area contributed by atoms with Crippen molar-refractivity contribution in [2.24, 2.45) is 5.92 Å². The van der Waals surface area contributed by atoms with E-state index in [1.807, 2.05) is 0 Å². The van der Waals surface area contributed by atoms with Gasteiger partial charge in [-0.3, -0.25) is 4.79 Å². The predicted molar refractivity (Wildman–Crippen MR) is 90.8 cm³/mol. The van der Waals surface area contributed by atoms with Crippen LogP contribution in [0, 0.1) is 11.9 Å². The normalized spacial score (nSPS) is 20.3. The predicted octanol–water partition coefficient (Wildman–Crippen LogP) is 2.01. The lowest BCUT2D eigenvalue weighted by Crippen LogP contribution is -2.34. The fourth-order valence-corrected chi connectivity index (χ4v) is 3.11. The Labute approximate surface area is 145 Å². The number of halogens is 1. The van der Waals surface area contributed by atoms with Gasteiger partial charge in [0, 0.05) is 44.4 Å². The maximum atomic E-state index is 13.1. The van der Waals surface area contributed by atoms with Crippen LogP contribution in [-0.2, 0) is 4.79 Å². The first-order valence-electron chi connectivity index (χ1n) is 8.29. The molecule has 0 spiro atoms. The molecule has 8 heteroatoms. The van der Waals surface area contributed by atoms with Crippen LogP contribution in [0.3, 0.4) is 0 Å². The van der Waals surface area contributed by atoms with Crippen LogP contribution in [0.25, 0.3) is 5.82 Å². The largest absolute Gasteiger partial charge is 0.490 e. The van der Waals surface area contributed by atoms with Gasteiger partial charge in [0.1, 0.15) is 11.6 Å². The third-order valence-corrected chi connectivity index (χ3v) is 4.36. The quantitative estimate of drug-likeness (QED) is 0.914. The van der Waals surface area contributed by atoms with Crippen molar-refractivity contribution in [3.8, 4) is 11.6 Å². The fourth-order valence-electron chi connectivity index (χ4n) is 3.11. The van der Waals surface area contributed by atoms with Gasteiger partial charge in [0.25, 0.3) is 0 Å². The van der Waals surface area contributed by atoms with Crippen LogP contribution in [0.4, 0.5) is 10.2 Å². The minimum Gasteiger partial charge on any atom is -0.490 e. The molecule has 2 aromatic heterocycles. The van der Waals surface area contributed by atoms with E-state index in [9.17, 15) is 9.18 Å². The Morgan fingerprint density at radius 3 is 2.64 bits per heavy atom. The molecule has 1 aliphatic rings. The van der Waals surface area contributed by atoms with Gasteiger partial charge >= 0.3 is 0 Å². The average Bonchev–Trinajstić information content (AvgIpc) is 3.01. The van der Waals surface area contributed by atoms with Crippen molar-refractivity contribution >= 4 is 11.7 Å². The SMILES string of the molecule is CN(C)C(=O)C1CCC(Oc2cc(N)nc(-n3ccc(F)n3)c2)CC1. The lowest BCUT2D eigenvalue weighted by molar-refractivity contribution is -0.134. The molecule has 134 valence electrons. The van der Waals surface area contributed by atoms with Crippen LogP contribution >= 0.6 is 0 Å². The maximum absolute atomic E-state index is 13.1. The Balaban J connectivity index is 1.66. The second-order valence-electron chi connectivity index (χ2n) is 6.49. The Kier molecular flexibility index (Phi) is 4.87. The number of pyridine rings is 1. The number of aromatic nitrogens is 3. The van der Waals surface area contributed by atoms with Crippen molar-refractivity contribution in [3.05, 3.63) is 30.3 Å². The molecule has 2 N–H and O–H groups in total. The van der Waals surface area contributed by atoms with E-state index in [2.05, 4.69) is 10.1 Å². The first-order chi connectivity index (χ1) is 11.9. The van der Waals surface area contributed by atoms with E-state index in [0.717, 1.165) is 25.7 Å². The van der Waals surface area contributed by atoms with E-state index in [0.29, 0.717) is 11.6 Å². The van der Waals surface area contributed by atoms with Crippen LogP contribution < -0.4 is 10.5 Å². The number of carbonyl (C=O) groups is 1. The number of ether oxygens (including phenoxy) is 1. The lowest BCUT2D eigenvalue weighted by Gasteiger charge is -2.29. The van der Waals surface area contributed by atoms with Crippen LogP contribution in [0.15, 0.2) is 24.4 Å². The van der Waals surface area contributed by atoms with Crippen molar-refractivity contribution in [2.75, 3.05) is 19.8 Å². The lowest BCUT2D eigenvalue weighted by atomic mass is 9.86. The zero-order valence-corrected chi connectivity index (χ0v) is 14.4. The summed E-state index contributed by atoms with van der Waals surface area (Å²) in [5.74, 6) is 0.904. The monoisotopic (exact) mass is 347 g/mol. The summed E-state index contributed by atoms with van der Waals surface area (Å²) in [4.78, 5) is 17.8. The summed E-state index contributed by atoms with van der Waals surface area (Å²) in [6, 6.07) is 4.56. The summed E-state index contributed by atoms with van der Waals surface area (Å²) in [7, 11) is 3.56. The molecule has 0 unspecified atom stereocenters. The molecule has 2 heterocycles. The molecule has 0 atom stereocenters. The Morgan fingerprint density at radius 2 is 2.04 bits per heavy atom. The Hall–Kier alpha value is -2.64. The molecular formula is C17H22FN5O2. The summed E-state index contributed by atoms with van der Waals surface area (Å²) >= 11 is 0. The number of nitrogen functional groups attached to an aromatic ring is 1. The molecule has 25 heavy (non-hydrogen) atoms. The van der Waals surface area contributed by atoms with Gasteiger partial charge < -0.3 is 15.4 Å². The number of anilines is 1. The fraction of sp³-hybridized carbons (Fsp3) is 0.471. The van der Waals surface area contributed by atoms with Crippen molar-refractivity contribution in [2.45, 2.75) is 31.8 Å². The Morgan fingerprint density at radius 1 is 1.32 bits per heavy atom. The highest BCUT2D eigenvalue weighted by molar-refractivity contribution is 5.78. The third kappa shape index (κ3) is 4.07. The molecule has 0 aliphatic heterocycles. The van der Waals surface area contributed by atoms with Crippen LogP contribution in [0.1, 0.15) is 25.7 Å². The average molecular weight is 347 g/mol. The van der Waals surface area contributed by atoms with Gasteiger partial charge in [0.2, 0.25) is 11.9 Å². The smallest absolute Gasteiger partial charge is 0.233 e. The highest BCUT2D eigenvalue weighted by atomic mass is 19.1. The molecule has 3 rings (SSSR count). The molecule has 0 aromatic carbocycles. The molecular weight excluding hydrogens is 325 g/mol. The molecule has 1 saturated carbocycles. The Bertz CT molecular complexity index is 753. The summed E-state index contributed by atoms with van der Waals surface area (Å²) in [5, 5.41) is 3.69. The van der Waals surface area contributed by atoms with Gasteiger partial charge in [-0.15, -0.1) is 5.10 Å². The van der Waals surface area contributed by atoms with E-state index >= 15 is 0 Å². The first kappa shape index (κ1) is 17.2. The van der Waals surface area contributed by atoms with Gasteiger partial charge in [-0.05, 0) is 25.7 Å². The molecule has 1 aliphatic carbocycles. The second kappa shape index (κ2) is 7.08. The zero-order valence-electron chi connectivity index (χ0n) is 14.4. The van der Waals surface area contributed by atoms with Crippen molar-refractivity contribution in [1.29, 1.82) is 0 Å². The maximum Gasteiger partial charge on any atom is 0.233 e. The number of amides is 1. The van der Waals surface area contributed by atoms with E-state index < -0.39 is 5.95 Å². The van der Waals surface area contributed by atoms with E-state index in [1.54, 1.807) is 31.1 Å². The van der Waals surface area contributed by atoms with E-state index in [1.165, 1.54) is 16.9 Å². The number of nitrogens with zero attached hydrogens (tertiary/aromatic N) is 4. The zero-order chi connectivity index (χ0) is 18.0. The number of rotatable bonds is 4. The summed E-state index contributed by atoms with van der Waals surface area (Å²) in [6.45, 7) is 0. The van der Waals surface area contributed by atoms with Crippen molar-refractivity contribution in [1.82, 2.24) is 19.7 Å². The molecule has 2 aromatic rings. The molecule has 7 nitrogen and oxygen atoms in total. The number of carbonyl (C=O) groups excluding carboxylic acids is 1. The topological polar surface area (TPSA) is 86.3 Å². The van der Waals surface area contributed by atoms with Gasteiger partial charge in [-0.1, -0.05) is 0 Å². The van der Waals surface area contributed by atoms with E-state index in [-0.39, 0.29) is 23.7 Å². The molecule has 0 bridgehead atoms. The molecule has 1 fully saturated rings. The van der Waals surface area contributed by atoms with Gasteiger partial charge in [0.15, 0.2) is 5.82 Å². The second-order valence-corrected chi connectivity index (χ2v) is 6.49. The van der Waals surface area contributed by atoms with Crippen molar-refractivity contribution < 1.29 is 13.9 Å².